The molecule has 0 aliphatic rings. The van der Waals surface area contributed by atoms with Gasteiger partial charge in [-0.1, -0.05) is 6.07 Å². The van der Waals surface area contributed by atoms with Crippen molar-refractivity contribution in [3.8, 4) is 28.3 Å². The molecule has 4 aromatic rings. The number of nitrogens with two attached hydrogens (primary N) is 1. The molecule has 3 aromatic heterocycles. The average Bonchev–Trinajstić information content (AvgIpc) is 2.88. The summed E-state index contributed by atoms with van der Waals surface area (Å²) in [7, 11) is 1.55. The quantitative estimate of drug-likeness (QED) is 0.324. The largest absolute Gasteiger partial charge is 0.480 e. The van der Waals surface area contributed by atoms with Crippen molar-refractivity contribution < 1.29 is 27.8 Å². The molecule has 0 aliphatic heterocycles. The molecule has 38 heavy (non-hydrogen) atoms. The first-order valence-electron chi connectivity index (χ1n) is 11.3. The first kappa shape index (κ1) is 26.3. The predicted octanol–water partition coefficient (Wildman–Crippen LogP) is 4.54. The number of aryl methyl sites for hydroxylation is 1. The number of carboxylic acid groups (broad SMARTS) is 1. The molecule has 12 heteroatoms. The maximum absolute atomic E-state index is 13.6. The number of nitrogens with zero attached hydrogens (tertiary/aromatic N) is 5. The molecule has 1 aromatic carbocycles. The lowest BCUT2D eigenvalue weighted by Gasteiger charge is -2.26. The Morgan fingerprint density at radius 2 is 1.82 bits per heavy atom. The third-order valence-corrected chi connectivity index (χ3v) is 5.64. The Kier molecular flexibility index (Phi) is 7.70. The summed E-state index contributed by atoms with van der Waals surface area (Å²) in [5.74, 6) is -1.64. The lowest BCUT2D eigenvalue weighted by atomic mass is 9.99. The van der Waals surface area contributed by atoms with Crippen LogP contribution in [0.15, 0.2) is 60.8 Å². The number of aromatic nitrogens is 4. The molecule has 1 unspecified atom stereocenters. The van der Waals surface area contributed by atoms with Crippen molar-refractivity contribution in [3.63, 3.8) is 0 Å². The van der Waals surface area contributed by atoms with Gasteiger partial charge in [-0.3, -0.25) is 4.98 Å². The van der Waals surface area contributed by atoms with Crippen molar-refractivity contribution in [2.24, 2.45) is 0 Å². The highest BCUT2D eigenvalue weighted by atomic mass is 19.3. The van der Waals surface area contributed by atoms with E-state index < -0.39 is 36.6 Å². The number of nitrogen functional groups attached to an aromatic ring is 1. The number of anilines is 2. The number of carbonyl (C=O) groups is 1. The molecule has 0 spiro atoms. The smallest absolute Gasteiger partial charge is 0.329 e. The second-order valence-electron chi connectivity index (χ2n) is 8.30. The molecule has 0 aliphatic carbocycles. The summed E-state index contributed by atoms with van der Waals surface area (Å²) in [6.45, 7) is 1.15. The van der Waals surface area contributed by atoms with Crippen molar-refractivity contribution in [1.82, 2.24) is 19.9 Å². The zero-order valence-electron chi connectivity index (χ0n) is 20.3. The van der Waals surface area contributed by atoms with Crippen LogP contribution in [0.1, 0.15) is 17.8 Å². The van der Waals surface area contributed by atoms with Crippen LogP contribution in [0, 0.1) is 12.7 Å². The highest BCUT2D eigenvalue weighted by Gasteiger charge is 2.27. The lowest BCUT2D eigenvalue weighted by molar-refractivity contribution is -0.139. The Bertz CT molecular complexity index is 1440. The molecule has 3 N–H and O–H groups in total. The van der Waals surface area contributed by atoms with E-state index in [0.717, 1.165) is 0 Å². The van der Waals surface area contributed by atoms with Crippen LogP contribution in [-0.2, 0) is 4.79 Å². The topological polar surface area (TPSA) is 127 Å². The number of ether oxygens (including phenoxy) is 1. The second kappa shape index (κ2) is 11.1. The molecule has 0 bridgehead atoms. The van der Waals surface area contributed by atoms with Crippen LogP contribution >= 0.6 is 0 Å². The standard InChI is InChI=1S/C26H23F3N6O3/c1-14-11-16(12-18(32-14)23(28)29)21-22(15-6-8-17(27)9-7-15)33-26(30)34-24(21)38-13-19(25(36)37)35(2)20-5-3-4-10-31-20/h3-12,19,23H,13H2,1-2H3,(H,36,37)(H2,30,33,34). The summed E-state index contributed by atoms with van der Waals surface area (Å²) in [4.78, 5) is 30.0. The number of likely N-dealkylation sites (N-methyl/N-ethyl adjacent to an activating group) is 1. The summed E-state index contributed by atoms with van der Waals surface area (Å²) < 4.78 is 46.8. The number of benzene rings is 1. The third kappa shape index (κ3) is 5.80. The molecule has 4 rings (SSSR count). The number of hydrogen-bond acceptors (Lipinski definition) is 8. The van der Waals surface area contributed by atoms with E-state index in [-0.39, 0.29) is 28.6 Å². The van der Waals surface area contributed by atoms with Gasteiger partial charge in [0, 0.05) is 24.5 Å². The highest BCUT2D eigenvalue weighted by Crippen LogP contribution is 2.39. The van der Waals surface area contributed by atoms with Gasteiger partial charge in [0.1, 0.15) is 23.9 Å². The Labute approximate surface area is 215 Å². The SMILES string of the molecule is Cc1cc(-c2c(OCC(C(=O)O)N(C)c3ccccn3)nc(N)nc2-c2ccc(F)cc2)cc(C(F)F)n1. The minimum atomic E-state index is -2.86. The second-order valence-corrected chi connectivity index (χ2v) is 8.30. The molecule has 0 amide bonds. The van der Waals surface area contributed by atoms with Crippen LogP contribution in [-0.4, -0.2) is 50.7 Å². The molecule has 9 nitrogen and oxygen atoms in total. The molecule has 0 saturated heterocycles. The van der Waals surface area contributed by atoms with Crippen LogP contribution in [0.25, 0.3) is 22.4 Å². The van der Waals surface area contributed by atoms with E-state index in [1.165, 1.54) is 47.5 Å². The fraction of sp³-hybridized carbons (Fsp3) is 0.192. The Morgan fingerprint density at radius 3 is 2.45 bits per heavy atom. The van der Waals surface area contributed by atoms with Crippen LogP contribution in [0.4, 0.5) is 24.9 Å². The molecular weight excluding hydrogens is 501 g/mol. The molecule has 3 heterocycles. The summed E-state index contributed by atoms with van der Waals surface area (Å²) in [5.41, 5.74) is 6.77. The Morgan fingerprint density at radius 1 is 1.08 bits per heavy atom. The number of carboxylic acids is 1. The maximum atomic E-state index is 13.6. The monoisotopic (exact) mass is 524 g/mol. The summed E-state index contributed by atoms with van der Waals surface area (Å²) in [5, 5.41) is 9.88. The van der Waals surface area contributed by atoms with Gasteiger partial charge in [0.05, 0.1) is 11.3 Å². The van der Waals surface area contributed by atoms with Gasteiger partial charge >= 0.3 is 5.97 Å². The highest BCUT2D eigenvalue weighted by molar-refractivity contribution is 5.85. The number of aliphatic carboxylic acids is 1. The van der Waals surface area contributed by atoms with E-state index in [1.54, 1.807) is 32.2 Å². The van der Waals surface area contributed by atoms with Crippen molar-refractivity contribution in [2.75, 3.05) is 24.3 Å². The fourth-order valence-electron chi connectivity index (χ4n) is 3.82. The average molecular weight is 525 g/mol. The Balaban J connectivity index is 1.83. The normalized spacial score (nSPS) is 11.8. The van der Waals surface area contributed by atoms with E-state index in [4.69, 9.17) is 10.5 Å². The van der Waals surface area contributed by atoms with Crippen molar-refractivity contribution in [2.45, 2.75) is 19.4 Å². The van der Waals surface area contributed by atoms with E-state index in [2.05, 4.69) is 19.9 Å². The van der Waals surface area contributed by atoms with Crippen LogP contribution in [0.2, 0.25) is 0 Å². The minimum absolute atomic E-state index is 0.136. The van der Waals surface area contributed by atoms with Gasteiger partial charge in [0.15, 0.2) is 6.04 Å². The van der Waals surface area contributed by atoms with E-state index in [9.17, 15) is 23.1 Å². The van der Waals surface area contributed by atoms with Gasteiger partial charge in [-0.05, 0) is 61.0 Å². The molecular formula is C26H23F3N6O3. The van der Waals surface area contributed by atoms with E-state index in [0.29, 0.717) is 17.1 Å². The summed E-state index contributed by atoms with van der Waals surface area (Å²) in [6, 6.07) is 11.9. The number of hydrogen-bond donors (Lipinski definition) is 2. The van der Waals surface area contributed by atoms with E-state index >= 15 is 0 Å². The molecule has 0 saturated carbocycles. The number of halogens is 3. The third-order valence-electron chi connectivity index (χ3n) is 5.64. The zero-order valence-corrected chi connectivity index (χ0v) is 20.3. The van der Waals surface area contributed by atoms with Gasteiger partial charge in [-0.25, -0.2) is 27.9 Å². The fourth-order valence-corrected chi connectivity index (χ4v) is 3.82. The van der Waals surface area contributed by atoms with Gasteiger partial charge in [0.25, 0.3) is 6.43 Å². The minimum Gasteiger partial charge on any atom is -0.480 e. The molecule has 0 radical (unpaired) electrons. The lowest BCUT2D eigenvalue weighted by Crippen LogP contribution is -2.43. The van der Waals surface area contributed by atoms with Crippen molar-refractivity contribution in [1.29, 1.82) is 0 Å². The predicted molar refractivity (Wildman–Crippen MR) is 134 cm³/mol. The van der Waals surface area contributed by atoms with Gasteiger partial charge in [-0.15, -0.1) is 0 Å². The van der Waals surface area contributed by atoms with Gasteiger partial charge in [0.2, 0.25) is 11.8 Å². The van der Waals surface area contributed by atoms with E-state index in [1.807, 2.05) is 0 Å². The molecule has 0 fully saturated rings. The maximum Gasteiger partial charge on any atom is 0.329 e. The van der Waals surface area contributed by atoms with Gasteiger partial charge < -0.3 is 20.5 Å². The molecule has 1 atom stereocenters. The van der Waals surface area contributed by atoms with Crippen molar-refractivity contribution in [3.05, 3.63) is 78.0 Å². The molecule has 196 valence electrons. The summed E-state index contributed by atoms with van der Waals surface area (Å²) in [6.07, 6.45) is -1.33. The first-order valence-corrected chi connectivity index (χ1v) is 11.3. The van der Waals surface area contributed by atoms with Crippen LogP contribution in [0.3, 0.4) is 0 Å². The number of rotatable bonds is 9. The Hall–Kier alpha value is -4.74. The first-order chi connectivity index (χ1) is 18.1. The zero-order chi connectivity index (χ0) is 27.4. The number of alkyl halides is 2. The van der Waals surface area contributed by atoms with Gasteiger partial charge in [-0.2, -0.15) is 4.98 Å². The number of pyridine rings is 2. The van der Waals surface area contributed by atoms with Crippen LogP contribution in [0.5, 0.6) is 5.88 Å². The van der Waals surface area contributed by atoms with Crippen molar-refractivity contribution >= 4 is 17.7 Å². The summed E-state index contributed by atoms with van der Waals surface area (Å²) >= 11 is 0. The van der Waals surface area contributed by atoms with Crippen LogP contribution < -0.4 is 15.4 Å².